The van der Waals surface area contributed by atoms with Gasteiger partial charge < -0.3 is 10.6 Å². The molecule has 1 saturated heterocycles. The summed E-state index contributed by atoms with van der Waals surface area (Å²) >= 11 is 0. The molecule has 1 fully saturated rings. The molecule has 0 bridgehead atoms. The molecule has 1 aliphatic rings. The van der Waals surface area contributed by atoms with E-state index in [0.29, 0.717) is 36.4 Å². The van der Waals surface area contributed by atoms with Gasteiger partial charge in [0.25, 0.3) is 11.8 Å². The third-order valence-electron chi connectivity index (χ3n) is 4.65. The van der Waals surface area contributed by atoms with E-state index in [1.807, 2.05) is 0 Å². The second-order valence-corrected chi connectivity index (χ2v) is 8.57. The SMILES string of the molecule is C=CCNC(=O)c1ccccc1NC(=O)c1ccc(S(=O)(=O)N2CCCC2)cc1. The number of sulfonamides is 1. The molecule has 0 aromatic heterocycles. The van der Waals surface area contributed by atoms with Crippen molar-refractivity contribution < 1.29 is 18.0 Å². The number of nitrogens with one attached hydrogen (secondary N) is 2. The topological polar surface area (TPSA) is 95.6 Å². The second kappa shape index (κ2) is 9.02. The summed E-state index contributed by atoms with van der Waals surface area (Å²) in [6.07, 6.45) is 3.29. The number of amides is 2. The Bertz CT molecular complexity index is 1010. The first kappa shape index (κ1) is 20.8. The minimum absolute atomic E-state index is 0.167. The van der Waals surface area contributed by atoms with Crippen LogP contribution in [0.15, 0.2) is 66.1 Å². The summed E-state index contributed by atoms with van der Waals surface area (Å²) in [6.45, 7) is 4.92. The van der Waals surface area contributed by atoms with Gasteiger partial charge in [-0.25, -0.2) is 8.42 Å². The summed E-state index contributed by atoms with van der Waals surface area (Å²) in [5.41, 5.74) is 0.996. The van der Waals surface area contributed by atoms with Crippen LogP contribution in [-0.4, -0.2) is 44.2 Å². The average Bonchev–Trinajstić information content (AvgIpc) is 3.28. The summed E-state index contributed by atoms with van der Waals surface area (Å²) in [7, 11) is -3.53. The van der Waals surface area contributed by atoms with Crippen LogP contribution in [0.5, 0.6) is 0 Å². The number of nitrogens with zero attached hydrogens (tertiary/aromatic N) is 1. The monoisotopic (exact) mass is 413 g/mol. The van der Waals surface area contributed by atoms with Gasteiger partial charge in [0.2, 0.25) is 10.0 Å². The van der Waals surface area contributed by atoms with Crippen LogP contribution in [0.2, 0.25) is 0 Å². The van der Waals surface area contributed by atoms with Crippen LogP contribution in [0, 0.1) is 0 Å². The predicted octanol–water partition coefficient (Wildman–Crippen LogP) is 2.64. The quantitative estimate of drug-likeness (QED) is 0.682. The zero-order valence-corrected chi connectivity index (χ0v) is 16.7. The Morgan fingerprint density at radius 1 is 1.00 bits per heavy atom. The maximum Gasteiger partial charge on any atom is 0.255 e. The highest BCUT2D eigenvalue weighted by Gasteiger charge is 2.27. The Morgan fingerprint density at radius 2 is 1.66 bits per heavy atom. The van der Waals surface area contributed by atoms with Crippen molar-refractivity contribution in [2.75, 3.05) is 25.0 Å². The molecule has 7 nitrogen and oxygen atoms in total. The van der Waals surface area contributed by atoms with Gasteiger partial charge in [0.05, 0.1) is 16.1 Å². The fourth-order valence-corrected chi connectivity index (χ4v) is 4.62. The van der Waals surface area contributed by atoms with E-state index in [9.17, 15) is 18.0 Å². The van der Waals surface area contributed by atoms with E-state index in [-0.39, 0.29) is 10.8 Å². The molecule has 0 radical (unpaired) electrons. The van der Waals surface area contributed by atoms with E-state index in [2.05, 4.69) is 17.2 Å². The normalized spacial score (nSPS) is 14.3. The summed E-state index contributed by atoms with van der Waals surface area (Å²) in [4.78, 5) is 25.0. The van der Waals surface area contributed by atoms with Crippen molar-refractivity contribution in [3.63, 3.8) is 0 Å². The number of hydrogen-bond acceptors (Lipinski definition) is 4. The van der Waals surface area contributed by atoms with Gasteiger partial charge in [-0.3, -0.25) is 9.59 Å². The average molecular weight is 413 g/mol. The zero-order chi connectivity index (χ0) is 20.9. The van der Waals surface area contributed by atoms with Crippen LogP contribution < -0.4 is 10.6 Å². The fourth-order valence-electron chi connectivity index (χ4n) is 3.10. The smallest absolute Gasteiger partial charge is 0.255 e. The molecule has 0 aliphatic carbocycles. The van der Waals surface area contributed by atoms with Crippen molar-refractivity contribution in [3.8, 4) is 0 Å². The van der Waals surface area contributed by atoms with Crippen LogP contribution >= 0.6 is 0 Å². The Labute approximate surface area is 170 Å². The number of rotatable bonds is 7. The van der Waals surface area contributed by atoms with Gasteiger partial charge in [0.1, 0.15) is 0 Å². The molecule has 0 saturated carbocycles. The maximum atomic E-state index is 12.6. The number of anilines is 1. The lowest BCUT2D eigenvalue weighted by Crippen LogP contribution is -2.28. The van der Waals surface area contributed by atoms with E-state index in [4.69, 9.17) is 0 Å². The summed E-state index contributed by atoms with van der Waals surface area (Å²) in [5, 5.41) is 5.39. The molecule has 29 heavy (non-hydrogen) atoms. The van der Waals surface area contributed by atoms with E-state index in [0.717, 1.165) is 12.8 Å². The molecular formula is C21H23N3O4S. The molecule has 2 aromatic carbocycles. The fraction of sp³-hybridized carbons (Fsp3) is 0.238. The van der Waals surface area contributed by atoms with E-state index >= 15 is 0 Å². The Kier molecular flexibility index (Phi) is 6.46. The summed E-state index contributed by atoms with van der Waals surface area (Å²) < 4.78 is 26.6. The largest absolute Gasteiger partial charge is 0.349 e. The number of para-hydroxylation sites is 1. The lowest BCUT2D eigenvalue weighted by Gasteiger charge is -2.15. The van der Waals surface area contributed by atoms with Crippen molar-refractivity contribution in [3.05, 3.63) is 72.3 Å². The van der Waals surface area contributed by atoms with E-state index < -0.39 is 15.9 Å². The third-order valence-corrected chi connectivity index (χ3v) is 6.56. The number of carbonyl (C=O) groups excluding carboxylic acids is 2. The van der Waals surface area contributed by atoms with Gasteiger partial charge in [-0.15, -0.1) is 6.58 Å². The molecule has 2 aromatic rings. The molecule has 2 N–H and O–H groups in total. The van der Waals surface area contributed by atoms with Crippen LogP contribution in [-0.2, 0) is 10.0 Å². The highest BCUT2D eigenvalue weighted by Crippen LogP contribution is 2.22. The number of hydrogen-bond donors (Lipinski definition) is 2. The molecule has 2 amide bonds. The van der Waals surface area contributed by atoms with Crippen molar-refractivity contribution in [2.24, 2.45) is 0 Å². The van der Waals surface area contributed by atoms with Crippen LogP contribution in [0.1, 0.15) is 33.6 Å². The third kappa shape index (κ3) is 4.72. The lowest BCUT2D eigenvalue weighted by molar-refractivity contribution is 0.0959. The van der Waals surface area contributed by atoms with Gasteiger partial charge in [-0.1, -0.05) is 18.2 Å². The summed E-state index contributed by atoms with van der Waals surface area (Å²) in [5.74, 6) is -0.757. The van der Waals surface area contributed by atoms with E-state index in [1.54, 1.807) is 30.3 Å². The van der Waals surface area contributed by atoms with Crippen LogP contribution in [0.4, 0.5) is 5.69 Å². The molecule has 152 valence electrons. The zero-order valence-electron chi connectivity index (χ0n) is 15.9. The molecule has 3 rings (SSSR count). The first-order valence-electron chi connectivity index (χ1n) is 9.33. The molecule has 0 atom stereocenters. The molecule has 0 unspecified atom stereocenters. The van der Waals surface area contributed by atoms with Gasteiger partial charge in [-0.05, 0) is 49.2 Å². The minimum atomic E-state index is -3.53. The van der Waals surface area contributed by atoms with Gasteiger partial charge >= 0.3 is 0 Å². The Hall–Kier alpha value is -2.97. The highest BCUT2D eigenvalue weighted by atomic mass is 32.2. The van der Waals surface area contributed by atoms with Crippen molar-refractivity contribution >= 4 is 27.5 Å². The first-order valence-corrected chi connectivity index (χ1v) is 10.8. The second-order valence-electron chi connectivity index (χ2n) is 6.63. The number of carbonyl (C=O) groups is 2. The standard InChI is InChI=1S/C21H23N3O4S/c1-2-13-22-21(26)18-7-3-4-8-19(18)23-20(25)16-9-11-17(12-10-16)29(27,28)24-14-5-6-15-24/h2-4,7-12H,1,5-6,13-15H2,(H,22,26)(H,23,25). The lowest BCUT2D eigenvalue weighted by atomic mass is 10.1. The van der Waals surface area contributed by atoms with Gasteiger partial charge in [-0.2, -0.15) is 4.31 Å². The van der Waals surface area contributed by atoms with Crippen molar-refractivity contribution in [1.82, 2.24) is 9.62 Å². The molecule has 8 heteroatoms. The Morgan fingerprint density at radius 3 is 2.31 bits per heavy atom. The summed E-state index contributed by atoms with van der Waals surface area (Å²) in [6, 6.07) is 12.5. The van der Waals surface area contributed by atoms with E-state index in [1.165, 1.54) is 28.6 Å². The van der Waals surface area contributed by atoms with Crippen LogP contribution in [0.3, 0.4) is 0 Å². The number of benzene rings is 2. The Balaban J connectivity index is 1.75. The first-order chi connectivity index (χ1) is 13.9. The maximum absolute atomic E-state index is 12.6. The van der Waals surface area contributed by atoms with Gasteiger partial charge in [0.15, 0.2) is 0 Å². The minimum Gasteiger partial charge on any atom is -0.349 e. The van der Waals surface area contributed by atoms with Crippen LogP contribution in [0.25, 0.3) is 0 Å². The highest BCUT2D eigenvalue weighted by molar-refractivity contribution is 7.89. The molecule has 0 spiro atoms. The van der Waals surface area contributed by atoms with Gasteiger partial charge in [0, 0.05) is 25.2 Å². The molecule has 1 aliphatic heterocycles. The van der Waals surface area contributed by atoms with Crippen molar-refractivity contribution in [1.29, 1.82) is 0 Å². The van der Waals surface area contributed by atoms with Crippen molar-refractivity contribution in [2.45, 2.75) is 17.7 Å². The molecular weight excluding hydrogens is 390 g/mol. The predicted molar refractivity (Wildman–Crippen MR) is 111 cm³/mol. The molecule has 1 heterocycles.